The van der Waals surface area contributed by atoms with Gasteiger partial charge in [0, 0.05) is 10.7 Å². The van der Waals surface area contributed by atoms with Crippen LogP contribution in [0.3, 0.4) is 0 Å². The van der Waals surface area contributed by atoms with Crippen molar-refractivity contribution in [3.8, 4) is 0 Å². The molecule has 26 heavy (non-hydrogen) atoms. The Hall–Kier alpha value is -3.19. The van der Waals surface area contributed by atoms with Crippen molar-refractivity contribution < 1.29 is 14.3 Å². The first-order valence-corrected chi connectivity index (χ1v) is 7.98. The molecule has 1 heterocycles. The molecule has 0 aliphatic rings. The number of hydrogen-bond acceptors (Lipinski definition) is 5. The van der Waals surface area contributed by atoms with Crippen LogP contribution in [-0.4, -0.2) is 28.5 Å². The number of benzene rings is 2. The summed E-state index contributed by atoms with van der Waals surface area (Å²) in [6, 6.07) is 11.1. The van der Waals surface area contributed by atoms with Crippen molar-refractivity contribution in [1.82, 2.24) is 9.55 Å². The van der Waals surface area contributed by atoms with E-state index in [1.54, 1.807) is 30.3 Å². The quantitative estimate of drug-likeness (QED) is 0.711. The average molecular weight is 372 g/mol. The van der Waals surface area contributed by atoms with Gasteiger partial charge in [-0.15, -0.1) is 0 Å². The Balaban J connectivity index is 1.80. The fourth-order valence-electron chi connectivity index (χ4n) is 2.44. The third-order valence-electron chi connectivity index (χ3n) is 3.67. The second-order valence-corrected chi connectivity index (χ2v) is 5.90. The van der Waals surface area contributed by atoms with Gasteiger partial charge < -0.3 is 10.1 Å². The summed E-state index contributed by atoms with van der Waals surface area (Å²) in [6.07, 6.45) is 1.31. The Morgan fingerprint density at radius 1 is 1.23 bits per heavy atom. The first-order chi connectivity index (χ1) is 12.5. The summed E-state index contributed by atoms with van der Waals surface area (Å²) in [5, 5.41) is 3.38. The van der Waals surface area contributed by atoms with Crippen molar-refractivity contribution >= 4 is 40.1 Å². The van der Waals surface area contributed by atoms with Crippen molar-refractivity contribution in [2.45, 2.75) is 6.54 Å². The Morgan fingerprint density at radius 3 is 2.81 bits per heavy atom. The van der Waals surface area contributed by atoms with E-state index in [4.69, 9.17) is 11.6 Å². The van der Waals surface area contributed by atoms with Gasteiger partial charge >= 0.3 is 5.97 Å². The molecule has 8 heteroatoms. The average Bonchev–Trinajstić information content (AvgIpc) is 2.64. The van der Waals surface area contributed by atoms with Crippen molar-refractivity contribution in [2.75, 3.05) is 12.4 Å². The minimum Gasteiger partial charge on any atom is -0.465 e. The molecule has 3 rings (SSSR count). The minimum atomic E-state index is -0.507. The smallest absolute Gasteiger partial charge is 0.337 e. The Morgan fingerprint density at radius 2 is 2.04 bits per heavy atom. The van der Waals surface area contributed by atoms with Crippen molar-refractivity contribution in [1.29, 1.82) is 0 Å². The first-order valence-electron chi connectivity index (χ1n) is 7.61. The predicted octanol–water partition coefficient (Wildman–Crippen LogP) is 2.48. The number of aromatic nitrogens is 2. The summed E-state index contributed by atoms with van der Waals surface area (Å²) in [5.41, 5.74) is 0.866. The number of nitrogens with zero attached hydrogens (tertiary/aromatic N) is 2. The molecule has 0 bridgehead atoms. The molecule has 0 saturated carbocycles. The van der Waals surface area contributed by atoms with E-state index >= 15 is 0 Å². The summed E-state index contributed by atoms with van der Waals surface area (Å²) in [6.45, 7) is -0.225. The number of halogens is 1. The van der Waals surface area contributed by atoms with E-state index in [1.807, 2.05) is 0 Å². The number of rotatable bonds is 4. The van der Waals surface area contributed by atoms with Crippen LogP contribution in [0, 0.1) is 0 Å². The minimum absolute atomic E-state index is 0.225. The summed E-state index contributed by atoms with van der Waals surface area (Å²) < 4.78 is 5.83. The molecule has 0 unspecified atom stereocenters. The SMILES string of the molecule is COC(=O)c1cccc(NC(=O)Cn2cnc3ccc(Cl)cc3c2=O)c1. The maximum absolute atomic E-state index is 12.5. The third kappa shape index (κ3) is 3.73. The Labute approximate surface area is 153 Å². The highest BCUT2D eigenvalue weighted by molar-refractivity contribution is 6.31. The molecule has 0 aliphatic carbocycles. The van der Waals surface area contributed by atoms with Crippen LogP contribution >= 0.6 is 11.6 Å². The summed E-state index contributed by atoms with van der Waals surface area (Å²) in [5.74, 6) is -0.940. The lowest BCUT2D eigenvalue weighted by atomic mass is 10.2. The van der Waals surface area contributed by atoms with Crippen molar-refractivity contribution in [2.24, 2.45) is 0 Å². The van der Waals surface area contributed by atoms with Crippen molar-refractivity contribution in [3.63, 3.8) is 0 Å². The number of esters is 1. The Bertz CT molecular complexity index is 1060. The number of anilines is 1. The van der Waals surface area contributed by atoms with Gasteiger partial charge in [0.15, 0.2) is 0 Å². The van der Waals surface area contributed by atoms with E-state index in [1.165, 1.54) is 30.1 Å². The molecule has 7 nitrogen and oxygen atoms in total. The molecule has 1 aromatic heterocycles. The van der Waals surface area contributed by atoms with Crippen LogP contribution in [0.1, 0.15) is 10.4 Å². The zero-order valence-corrected chi connectivity index (χ0v) is 14.5. The number of fused-ring (bicyclic) bond motifs is 1. The Kier molecular flexibility index (Phi) is 4.99. The van der Waals surface area contributed by atoms with Gasteiger partial charge in [0.2, 0.25) is 5.91 Å². The van der Waals surface area contributed by atoms with Gasteiger partial charge in [-0.05, 0) is 36.4 Å². The van der Waals surface area contributed by atoms with E-state index < -0.39 is 11.9 Å². The molecule has 3 aromatic rings. The number of ether oxygens (including phenoxy) is 1. The second kappa shape index (κ2) is 7.37. The van der Waals surface area contributed by atoms with Gasteiger partial charge in [-0.2, -0.15) is 0 Å². The van der Waals surface area contributed by atoms with E-state index in [0.717, 1.165) is 0 Å². The largest absolute Gasteiger partial charge is 0.465 e. The molecule has 0 radical (unpaired) electrons. The summed E-state index contributed by atoms with van der Waals surface area (Å²) in [7, 11) is 1.28. The molecule has 0 spiro atoms. The molecule has 0 fully saturated rings. The van der Waals surface area contributed by atoms with Crippen LogP contribution in [-0.2, 0) is 16.1 Å². The molecular formula is C18H14ClN3O4. The van der Waals surface area contributed by atoms with Crippen molar-refractivity contribution in [3.05, 3.63) is 69.7 Å². The van der Waals surface area contributed by atoms with Crippen LogP contribution in [0.4, 0.5) is 5.69 Å². The third-order valence-corrected chi connectivity index (χ3v) is 3.90. The fourth-order valence-corrected chi connectivity index (χ4v) is 2.61. The van der Waals surface area contributed by atoms with Gasteiger partial charge in [0.1, 0.15) is 6.54 Å². The summed E-state index contributed by atoms with van der Waals surface area (Å²) in [4.78, 5) is 40.4. The van der Waals surface area contributed by atoms with Crippen LogP contribution in [0.15, 0.2) is 53.6 Å². The number of amides is 1. The molecule has 0 atom stereocenters. The fraction of sp³-hybridized carbons (Fsp3) is 0.111. The highest BCUT2D eigenvalue weighted by Gasteiger charge is 2.11. The van der Waals surface area contributed by atoms with E-state index in [2.05, 4.69) is 15.0 Å². The normalized spacial score (nSPS) is 10.5. The van der Waals surface area contributed by atoms with Crippen LogP contribution in [0.2, 0.25) is 5.02 Å². The van der Waals surface area contributed by atoms with Gasteiger partial charge in [-0.1, -0.05) is 17.7 Å². The lowest BCUT2D eigenvalue weighted by Gasteiger charge is -2.09. The predicted molar refractivity (Wildman–Crippen MR) is 97.4 cm³/mol. The van der Waals surface area contributed by atoms with Crippen LogP contribution in [0.25, 0.3) is 10.9 Å². The topological polar surface area (TPSA) is 90.3 Å². The van der Waals surface area contributed by atoms with Crippen LogP contribution in [0.5, 0.6) is 0 Å². The maximum atomic E-state index is 12.5. The maximum Gasteiger partial charge on any atom is 0.337 e. The molecule has 1 amide bonds. The number of nitrogens with one attached hydrogen (secondary N) is 1. The van der Waals surface area contributed by atoms with E-state index in [0.29, 0.717) is 27.2 Å². The van der Waals surface area contributed by atoms with Gasteiger partial charge in [-0.25, -0.2) is 9.78 Å². The molecule has 0 saturated heterocycles. The zero-order chi connectivity index (χ0) is 18.7. The molecule has 0 aliphatic heterocycles. The molecule has 132 valence electrons. The van der Waals surface area contributed by atoms with E-state index in [9.17, 15) is 14.4 Å². The highest BCUT2D eigenvalue weighted by atomic mass is 35.5. The number of methoxy groups -OCH3 is 1. The monoisotopic (exact) mass is 371 g/mol. The van der Waals surface area contributed by atoms with Gasteiger partial charge in [0.05, 0.1) is 29.9 Å². The summed E-state index contributed by atoms with van der Waals surface area (Å²) >= 11 is 5.92. The molecule has 2 aromatic carbocycles. The second-order valence-electron chi connectivity index (χ2n) is 5.46. The van der Waals surface area contributed by atoms with Gasteiger partial charge in [0.25, 0.3) is 5.56 Å². The number of hydrogen-bond donors (Lipinski definition) is 1. The highest BCUT2D eigenvalue weighted by Crippen LogP contribution is 2.14. The van der Waals surface area contributed by atoms with E-state index in [-0.39, 0.29) is 12.1 Å². The zero-order valence-electron chi connectivity index (χ0n) is 13.7. The first kappa shape index (κ1) is 17.6. The van der Waals surface area contributed by atoms with Crippen LogP contribution < -0.4 is 10.9 Å². The molecular weight excluding hydrogens is 358 g/mol. The standard InChI is InChI=1S/C18H14ClN3O4/c1-26-18(25)11-3-2-4-13(7-11)21-16(23)9-22-10-20-15-6-5-12(19)8-14(15)17(22)24/h2-8,10H,9H2,1H3,(H,21,23). The number of carbonyl (C=O) groups is 2. The molecule has 1 N–H and O–H groups in total. The lowest BCUT2D eigenvalue weighted by molar-refractivity contribution is -0.116. The van der Waals surface area contributed by atoms with Gasteiger partial charge in [-0.3, -0.25) is 14.2 Å². The number of carbonyl (C=O) groups excluding carboxylic acids is 2. The lowest BCUT2D eigenvalue weighted by Crippen LogP contribution is -2.28.